The van der Waals surface area contributed by atoms with Crippen LogP contribution in [0.15, 0.2) is 17.2 Å². The van der Waals surface area contributed by atoms with Crippen molar-refractivity contribution < 1.29 is 8.42 Å². The molecule has 2 heterocycles. The lowest BCUT2D eigenvalue weighted by molar-refractivity contribution is 0.220. The minimum Gasteiger partial charge on any atom is -0.346 e. The van der Waals surface area contributed by atoms with Crippen molar-refractivity contribution in [2.45, 2.75) is 64.1 Å². The number of hydrogen-bond donors (Lipinski definition) is 1. The van der Waals surface area contributed by atoms with E-state index in [4.69, 9.17) is 5.73 Å². The summed E-state index contributed by atoms with van der Waals surface area (Å²) in [5, 5.41) is 0. The number of piperidine rings is 1. The predicted molar refractivity (Wildman–Crippen MR) is 84.5 cm³/mol. The normalized spacial score (nSPS) is 24.7. The predicted octanol–water partition coefficient (Wildman–Crippen LogP) is 2.34. The number of nitrogens with two attached hydrogens (primary N) is 1. The van der Waals surface area contributed by atoms with Crippen LogP contribution in [0.3, 0.4) is 0 Å². The van der Waals surface area contributed by atoms with E-state index in [0.717, 1.165) is 18.5 Å². The SMILES string of the molecule is CC1CCN(S(=O)(=O)c2cc(CN)n(C(C)C)c2)C(C)C1. The van der Waals surface area contributed by atoms with Crippen molar-refractivity contribution in [2.24, 2.45) is 11.7 Å². The Bertz CT molecular complexity index is 592. The number of hydrogen-bond acceptors (Lipinski definition) is 3. The molecule has 0 saturated carbocycles. The van der Waals surface area contributed by atoms with Crippen LogP contribution in [-0.4, -0.2) is 29.9 Å². The Morgan fingerprint density at radius 2 is 2.05 bits per heavy atom. The third-order valence-corrected chi connectivity index (χ3v) is 6.34. The van der Waals surface area contributed by atoms with Crippen molar-refractivity contribution in [1.82, 2.24) is 8.87 Å². The molecule has 1 aromatic rings. The van der Waals surface area contributed by atoms with E-state index in [9.17, 15) is 8.42 Å². The maximum absolute atomic E-state index is 12.9. The molecule has 0 bridgehead atoms. The Morgan fingerprint density at radius 1 is 1.38 bits per heavy atom. The van der Waals surface area contributed by atoms with Crippen LogP contribution in [0.1, 0.15) is 52.3 Å². The van der Waals surface area contributed by atoms with Gasteiger partial charge in [-0.05, 0) is 45.6 Å². The van der Waals surface area contributed by atoms with Gasteiger partial charge in [0.25, 0.3) is 0 Å². The highest BCUT2D eigenvalue weighted by Crippen LogP contribution is 2.29. The smallest absolute Gasteiger partial charge is 0.244 e. The van der Waals surface area contributed by atoms with E-state index in [1.165, 1.54) is 0 Å². The lowest BCUT2D eigenvalue weighted by Crippen LogP contribution is -2.43. The van der Waals surface area contributed by atoms with Crippen molar-refractivity contribution >= 4 is 10.0 Å². The summed E-state index contributed by atoms with van der Waals surface area (Å²) >= 11 is 0. The van der Waals surface area contributed by atoms with Crippen LogP contribution < -0.4 is 5.73 Å². The van der Waals surface area contributed by atoms with Crippen LogP contribution in [0.5, 0.6) is 0 Å². The number of aromatic nitrogens is 1. The summed E-state index contributed by atoms with van der Waals surface area (Å²) in [5.74, 6) is 0.589. The fourth-order valence-electron chi connectivity index (χ4n) is 3.16. The van der Waals surface area contributed by atoms with E-state index in [1.807, 2.05) is 25.3 Å². The Hall–Kier alpha value is -0.850. The molecule has 2 unspecified atom stereocenters. The zero-order chi connectivity index (χ0) is 15.8. The second kappa shape index (κ2) is 6.10. The monoisotopic (exact) mass is 313 g/mol. The molecular weight excluding hydrogens is 286 g/mol. The molecule has 21 heavy (non-hydrogen) atoms. The molecule has 0 spiro atoms. The van der Waals surface area contributed by atoms with Gasteiger partial charge >= 0.3 is 0 Å². The summed E-state index contributed by atoms with van der Waals surface area (Å²) in [5.41, 5.74) is 6.60. The molecule has 1 aromatic heterocycles. The molecule has 6 heteroatoms. The van der Waals surface area contributed by atoms with Crippen molar-refractivity contribution in [1.29, 1.82) is 0 Å². The van der Waals surface area contributed by atoms with E-state index in [1.54, 1.807) is 16.6 Å². The van der Waals surface area contributed by atoms with Crippen LogP contribution in [0.4, 0.5) is 0 Å². The third-order valence-electron chi connectivity index (χ3n) is 4.36. The Morgan fingerprint density at radius 3 is 2.52 bits per heavy atom. The second-order valence-corrected chi connectivity index (χ2v) is 8.36. The summed E-state index contributed by atoms with van der Waals surface area (Å²) in [6.45, 7) is 9.19. The first-order valence-electron chi connectivity index (χ1n) is 7.70. The number of nitrogens with zero attached hydrogens (tertiary/aromatic N) is 2. The van der Waals surface area contributed by atoms with Crippen molar-refractivity contribution in [3.05, 3.63) is 18.0 Å². The van der Waals surface area contributed by atoms with E-state index in [0.29, 0.717) is 23.9 Å². The molecule has 0 aromatic carbocycles. The number of rotatable bonds is 4. The molecule has 1 fully saturated rings. The zero-order valence-electron chi connectivity index (χ0n) is 13.4. The highest BCUT2D eigenvalue weighted by molar-refractivity contribution is 7.89. The molecule has 0 aliphatic carbocycles. The molecular formula is C15H27N3O2S. The van der Waals surface area contributed by atoms with Gasteiger partial charge in [0.1, 0.15) is 4.90 Å². The molecule has 0 radical (unpaired) electrons. The Balaban J connectivity index is 2.36. The van der Waals surface area contributed by atoms with E-state index < -0.39 is 10.0 Å². The van der Waals surface area contributed by atoms with Gasteiger partial charge in [0.15, 0.2) is 0 Å². The third kappa shape index (κ3) is 3.17. The Labute approximate surface area is 128 Å². The molecule has 5 nitrogen and oxygen atoms in total. The van der Waals surface area contributed by atoms with E-state index >= 15 is 0 Å². The first-order chi connectivity index (χ1) is 9.77. The summed E-state index contributed by atoms with van der Waals surface area (Å²) in [6.07, 6.45) is 3.58. The average molecular weight is 313 g/mol. The second-order valence-electron chi connectivity index (χ2n) is 6.47. The lowest BCUT2D eigenvalue weighted by Gasteiger charge is -2.35. The van der Waals surface area contributed by atoms with Crippen molar-refractivity contribution in [3.63, 3.8) is 0 Å². The molecule has 2 rings (SSSR count). The van der Waals surface area contributed by atoms with Crippen LogP contribution in [0.2, 0.25) is 0 Å². The standard InChI is InChI=1S/C15H27N3O2S/c1-11(2)17-10-15(8-14(17)9-16)21(19,20)18-6-5-12(3)7-13(18)4/h8,10-13H,5-7,9,16H2,1-4H3. The van der Waals surface area contributed by atoms with Gasteiger partial charge < -0.3 is 10.3 Å². The largest absolute Gasteiger partial charge is 0.346 e. The van der Waals surface area contributed by atoms with Gasteiger partial charge in [-0.2, -0.15) is 4.31 Å². The molecule has 1 aliphatic heterocycles. The average Bonchev–Trinajstić information content (AvgIpc) is 2.83. The topological polar surface area (TPSA) is 68.3 Å². The first-order valence-corrected chi connectivity index (χ1v) is 9.14. The first kappa shape index (κ1) is 16.5. The molecule has 0 amide bonds. The maximum Gasteiger partial charge on any atom is 0.244 e. The number of sulfonamides is 1. The fourth-order valence-corrected chi connectivity index (χ4v) is 4.87. The fraction of sp³-hybridized carbons (Fsp3) is 0.733. The molecule has 2 N–H and O–H groups in total. The van der Waals surface area contributed by atoms with Gasteiger partial charge in [0, 0.05) is 37.1 Å². The summed E-state index contributed by atoms with van der Waals surface area (Å²) < 4.78 is 29.4. The summed E-state index contributed by atoms with van der Waals surface area (Å²) in [6, 6.07) is 1.98. The van der Waals surface area contributed by atoms with Gasteiger partial charge in [-0.25, -0.2) is 8.42 Å². The minimum atomic E-state index is -3.42. The van der Waals surface area contributed by atoms with Crippen molar-refractivity contribution in [3.8, 4) is 0 Å². The van der Waals surface area contributed by atoms with Crippen molar-refractivity contribution in [2.75, 3.05) is 6.54 Å². The van der Waals surface area contributed by atoms with E-state index in [2.05, 4.69) is 6.92 Å². The van der Waals surface area contributed by atoms with Crippen LogP contribution in [-0.2, 0) is 16.6 Å². The van der Waals surface area contributed by atoms with Gasteiger partial charge in [-0.3, -0.25) is 0 Å². The molecule has 1 saturated heterocycles. The van der Waals surface area contributed by atoms with Gasteiger partial charge in [0.05, 0.1) is 0 Å². The zero-order valence-corrected chi connectivity index (χ0v) is 14.2. The lowest BCUT2D eigenvalue weighted by atomic mass is 9.95. The maximum atomic E-state index is 12.9. The molecule has 2 atom stereocenters. The van der Waals surface area contributed by atoms with Gasteiger partial charge in [0.2, 0.25) is 10.0 Å². The highest BCUT2D eigenvalue weighted by atomic mass is 32.2. The van der Waals surface area contributed by atoms with Crippen LogP contribution in [0.25, 0.3) is 0 Å². The quantitative estimate of drug-likeness (QED) is 0.927. The Kier molecular flexibility index (Phi) is 4.80. The van der Waals surface area contributed by atoms with Gasteiger partial charge in [-0.1, -0.05) is 6.92 Å². The summed E-state index contributed by atoms with van der Waals surface area (Å²) in [4.78, 5) is 0.373. The summed E-state index contributed by atoms with van der Waals surface area (Å²) in [7, 11) is -3.42. The van der Waals surface area contributed by atoms with Gasteiger partial charge in [-0.15, -0.1) is 0 Å². The molecule has 120 valence electrons. The highest BCUT2D eigenvalue weighted by Gasteiger charge is 2.34. The molecule has 1 aliphatic rings. The van der Waals surface area contributed by atoms with Crippen LogP contribution >= 0.6 is 0 Å². The van der Waals surface area contributed by atoms with Crippen LogP contribution in [0, 0.1) is 5.92 Å². The minimum absolute atomic E-state index is 0.0578. The van der Waals surface area contributed by atoms with E-state index in [-0.39, 0.29) is 12.1 Å².